The Morgan fingerprint density at radius 2 is 0.743 bits per heavy atom. The van der Waals surface area contributed by atoms with Crippen molar-refractivity contribution in [3.63, 3.8) is 0 Å². The molecular formula is C60H76F2N2O6S4. The topological polar surface area (TPSA) is 65.2 Å². The number of halogens is 2. The quantitative estimate of drug-likeness (QED) is 0.0365. The van der Waals surface area contributed by atoms with Crippen molar-refractivity contribution in [1.29, 1.82) is 0 Å². The first-order chi connectivity index (χ1) is 36.4. The zero-order chi connectivity index (χ0) is 51.5. The predicted octanol–water partition coefficient (Wildman–Crippen LogP) is 17.1. The van der Waals surface area contributed by atoms with E-state index in [1.165, 1.54) is 96.6 Å². The van der Waals surface area contributed by atoms with Gasteiger partial charge in [0.15, 0.2) is 0 Å². The van der Waals surface area contributed by atoms with Gasteiger partial charge in [-0.15, -0.1) is 45.3 Å². The second-order valence-electron chi connectivity index (χ2n) is 19.0. The SMILES string of the molecule is CCCCCCCCc1ccc(-c2ccc(-c3cc4c(cc3F)c3c(c5cc(F)c(-c6ccc(-c7ccc(CCCCCCCC)s7)s6)cc5n3CCOCCOCCOC)n4CCOCCOCCOC)s2)s1. The molecule has 0 unspecified atom stereocenters. The lowest BCUT2D eigenvalue weighted by atomic mass is 10.1. The van der Waals surface area contributed by atoms with Gasteiger partial charge in [0, 0.05) is 88.2 Å². The molecule has 8 rings (SSSR count). The number of hydrogen-bond acceptors (Lipinski definition) is 10. The minimum Gasteiger partial charge on any atom is -0.382 e. The van der Waals surface area contributed by atoms with E-state index in [1.54, 1.807) is 49.0 Å². The Morgan fingerprint density at radius 3 is 1.16 bits per heavy atom. The molecule has 0 aliphatic rings. The van der Waals surface area contributed by atoms with E-state index in [4.69, 9.17) is 28.4 Å². The number of hydrogen-bond donors (Lipinski definition) is 0. The van der Waals surface area contributed by atoms with Gasteiger partial charge in [-0.3, -0.25) is 0 Å². The van der Waals surface area contributed by atoms with Gasteiger partial charge in [0.25, 0.3) is 0 Å². The molecule has 14 heteroatoms. The number of nitrogens with zero attached hydrogens (tertiary/aromatic N) is 2. The summed E-state index contributed by atoms with van der Waals surface area (Å²) in [5, 5.41) is 1.51. The van der Waals surface area contributed by atoms with Crippen molar-refractivity contribution in [1.82, 2.24) is 9.13 Å². The average Bonchev–Trinajstić information content (AvgIpc) is 4.29. The smallest absolute Gasteiger partial charge is 0.132 e. The molecule has 0 bridgehead atoms. The standard InChI is InChI=1S/C60H76F2N2O6S4/c1-5-7-9-11-13-15-17-43-19-21-55(71-43)57-25-23-53(73-57)45-41-51-47(39-49(45)61)59-60(63(51)27-29-67-35-37-69-33-31-65-3)48-40-50(62)46(42-52(48)64(59)28-30-68-36-38-70-34-32-66-4)54-24-26-58(74-54)56-22-20-44(72-56)18-16-14-12-10-8-6-2/h19-26,39-42H,5-18,27-38H2,1-4H3. The van der Waals surface area contributed by atoms with Crippen molar-refractivity contribution in [3.8, 4) is 40.4 Å². The Morgan fingerprint density at radius 1 is 0.392 bits per heavy atom. The van der Waals surface area contributed by atoms with E-state index in [0.717, 1.165) is 65.2 Å². The first-order valence-electron chi connectivity index (χ1n) is 27.1. The molecule has 0 saturated heterocycles. The average molecular weight is 1090 g/mol. The normalized spacial score (nSPS) is 12.0. The number of fused-ring (bicyclic) bond motifs is 5. The maximum absolute atomic E-state index is 17.0. The van der Waals surface area contributed by atoms with E-state index in [9.17, 15) is 0 Å². The van der Waals surface area contributed by atoms with Crippen LogP contribution in [0.2, 0.25) is 0 Å². The molecule has 2 aromatic carbocycles. The fourth-order valence-corrected chi connectivity index (χ4v) is 14.1. The molecule has 0 aliphatic carbocycles. The van der Waals surface area contributed by atoms with E-state index in [-0.39, 0.29) is 11.6 Å². The largest absolute Gasteiger partial charge is 0.382 e. The van der Waals surface area contributed by atoms with Crippen molar-refractivity contribution >= 4 is 78.2 Å². The number of unbranched alkanes of at least 4 members (excludes halogenated alkanes) is 10. The number of benzene rings is 2. The Bertz CT molecular complexity index is 2750. The highest BCUT2D eigenvalue weighted by molar-refractivity contribution is 7.24. The highest BCUT2D eigenvalue weighted by atomic mass is 32.1. The van der Waals surface area contributed by atoms with Crippen molar-refractivity contribution in [2.45, 2.75) is 117 Å². The maximum Gasteiger partial charge on any atom is 0.132 e. The summed E-state index contributed by atoms with van der Waals surface area (Å²) >= 11 is 6.94. The van der Waals surface area contributed by atoms with E-state index in [0.29, 0.717) is 90.3 Å². The molecule has 6 heterocycles. The van der Waals surface area contributed by atoms with Gasteiger partial charge in [0.2, 0.25) is 0 Å². The van der Waals surface area contributed by atoms with E-state index in [2.05, 4.69) is 59.4 Å². The van der Waals surface area contributed by atoms with Crippen LogP contribution in [0.4, 0.5) is 8.78 Å². The minimum absolute atomic E-state index is 0.299. The lowest BCUT2D eigenvalue weighted by molar-refractivity contribution is 0.0233. The third-order valence-electron chi connectivity index (χ3n) is 13.7. The molecule has 0 N–H and O–H groups in total. The predicted molar refractivity (Wildman–Crippen MR) is 309 cm³/mol. The van der Waals surface area contributed by atoms with Crippen molar-refractivity contribution in [2.75, 3.05) is 80.3 Å². The number of methoxy groups -OCH3 is 2. The molecule has 8 aromatic rings. The zero-order valence-electron chi connectivity index (χ0n) is 44.0. The second-order valence-corrected chi connectivity index (χ2v) is 23.5. The molecule has 74 heavy (non-hydrogen) atoms. The van der Waals surface area contributed by atoms with Gasteiger partial charge < -0.3 is 37.6 Å². The van der Waals surface area contributed by atoms with Gasteiger partial charge in [0.1, 0.15) is 11.6 Å². The van der Waals surface area contributed by atoms with Crippen molar-refractivity contribution in [3.05, 3.63) is 94.2 Å². The molecule has 6 aromatic heterocycles. The summed E-state index contributed by atoms with van der Waals surface area (Å²) in [5.41, 5.74) is 4.49. The molecule has 0 atom stereocenters. The summed E-state index contributed by atoms with van der Waals surface area (Å²) in [6, 6.07) is 24.6. The Hall–Kier alpha value is -3.80. The molecule has 0 saturated carbocycles. The number of aromatic nitrogens is 2. The van der Waals surface area contributed by atoms with Gasteiger partial charge in [0.05, 0.1) is 88.1 Å². The first-order valence-corrected chi connectivity index (χ1v) is 30.3. The first kappa shape index (κ1) is 56.4. The summed E-state index contributed by atoms with van der Waals surface area (Å²) in [6.07, 6.45) is 17.5. The van der Waals surface area contributed by atoms with Gasteiger partial charge in [-0.1, -0.05) is 78.1 Å². The van der Waals surface area contributed by atoms with Crippen molar-refractivity contribution in [2.24, 2.45) is 0 Å². The summed E-state index contributed by atoms with van der Waals surface area (Å²) in [6.45, 7) is 9.91. The van der Waals surface area contributed by atoms with Crippen LogP contribution in [0.25, 0.3) is 73.2 Å². The van der Waals surface area contributed by atoms with Crippen LogP contribution in [0.1, 0.15) is 101 Å². The van der Waals surface area contributed by atoms with Crippen LogP contribution in [0, 0.1) is 11.6 Å². The third kappa shape index (κ3) is 14.8. The zero-order valence-corrected chi connectivity index (χ0v) is 47.3. The van der Waals surface area contributed by atoms with Crippen LogP contribution in [0.15, 0.2) is 72.8 Å². The number of aryl methyl sites for hydroxylation is 2. The van der Waals surface area contributed by atoms with E-state index in [1.807, 2.05) is 46.9 Å². The lowest BCUT2D eigenvalue weighted by Crippen LogP contribution is -2.11. The molecule has 0 aliphatic heterocycles. The molecule has 0 spiro atoms. The van der Waals surface area contributed by atoms with Crippen LogP contribution in [-0.4, -0.2) is 89.4 Å². The summed E-state index contributed by atoms with van der Waals surface area (Å²) in [5.74, 6) is -0.598. The van der Waals surface area contributed by atoms with Crippen LogP contribution in [-0.2, 0) is 54.4 Å². The maximum atomic E-state index is 17.0. The monoisotopic (exact) mass is 1090 g/mol. The van der Waals surface area contributed by atoms with Crippen molar-refractivity contribution < 1.29 is 37.2 Å². The number of ether oxygens (including phenoxy) is 6. The molecule has 0 fully saturated rings. The third-order valence-corrected chi connectivity index (χ3v) is 18.6. The fourth-order valence-electron chi connectivity index (χ4n) is 9.75. The molecular weight excluding hydrogens is 1010 g/mol. The van der Waals surface area contributed by atoms with Crippen LogP contribution < -0.4 is 0 Å². The van der Waals surface area contributed by atoms with Gasteiger partial charge >= 0.3 is 0 Å². The van der Waals surface area contributed by atoms with E-state index >= 15 is 8.78 Å². The molecule has 0 radical (unpaired) electrons. The van der Waals surface area contributed by atoms with Crippen LogP contribution >= 0.6 is 45.3 Å². The number of thiophene rings is 4. The highest BCUT2D eigenvalue weighted by Gasteiger charge is 2.25. The molecule has 8 nitrogen and oxygen atoms in total. The van der Waals surface area contributed by atoms with Gasteiger partial charge in [-0.2, -0.15) is 0 Å². The Balaban J connectivity index is 1.13. The second kappa shape index (κ2) is 29.6. The van der Waals surface area contributed by atoms with Gasteiger partial charge in [-0.05, 0) is 98.5 Å². The fraction of sp³-hybridized carbons (Fsp3) is 0.500. The van der Waals surface area contributed by atoms with E-state index < -0.39 is 0 Å². The number of rotatable bonds is 36. The summed E-state index contributed by atoms with van der Waals surface area (Å²) < 4.78 is 72.4. The Kier molecular flexibility index (Phi) is 22.6. The summed E-state index contributed by atoms with van der Waals surface area (Å²) in [7, 11) is 3.31. The van der Waals surface area contributed by atoms with Gasteiger partial charge in [-0.25, -0.2) is 8.78 Å². The minimum atomic E-state index is -0.299. The van der Waals surface area contributed by atoms with Crippen LogP contribution in [0.5, 0.6) is 0 Å². The molecule has 0 amide bonds. The molecule has 400 valence electrons. The summed E-state index contributed by atoms with van der Waals surface area (Å²) in [4.78, 5) is 9.22. The van der Waals surface area contributed by atoms with Crippen LogP contribution in [0.3, 0.4) is 0 Å². The Labute approximate surface area is 453 Å². The lowest BCUT2D eigenvalue weighted by Gasteiger charge is -2.12. The highest BCUT2D eigenvalue weighted by Crippen LogP contribution is 2.45.